The van der Waals surface area contributed by atoms with Crippen LogP contribution in [0.5, 0.6) is 0 Å². The molecule has 0 amide bonds. The van der Waals surface area contributed by atoms with Crippen LogP contribution in [-0.4, -0.2) is 4.98 Å². The molecule has 7 rings (SSSR count). The van der Waals surface area contributed by atoms with Gasteiger partial charge in [-0.3, -0.25) is 0 Å². The molecule has 0 saturated heterocycles. The lowest BCUT2D eigenvalue weighted by Gasteiger charge is -2.22. The molecule has 0 radical (unpaired) electrons. The molecule has 162 valence electrons. The van der Waals surface area contributed by atoms with Crippen molar-refractivity contribution >= 4 is 21.8 Å². The van der Waals surface area contributed by atoms with E-state index in [-0.39, 0.29) is 5.41 Å². The molecule has 34 heavy (non-hydrogen) atoms. The predicted molar refractivity (Wildman–Crippen MR) is 144 cm³/mol. The van der Waals surface area contributed by atoms with Gasteiger partial charge < -0.3 is 4.98 Å². The number of benzene rings is 5. The minimum Gasteiger partial charge on any atom is -0.354 e. The van der Waals surface area contributed by atoms with Crippen molar-refractivity contribution in [2.45, 2.75) is 19.3 Å². The number of hydrogen-bond acceptors (Lipinski definition) is 0. The number of fused-ring (bicyclic) bond motifs is 6. The summed E-state index contributed by atoms with van der Waals surface area (Å²) in [6.45, 7) is 4.68. The molecule has 1 aromatic heterocycles. The fourth-order valence-electron chi connectivity index (χ4n) is 5.84. The first-order chi connectivity index (χ1) is 16.6. The van der Waals surface area contributed by atoms with Gasteiger partial charge in [0, 0.05) is 27.3 Å². The lowest BCUT2D eigenvalue weighted by molar-refractivity contribution is 0.660. The normalized spacial score (nSPS) is 13.8. The van der Waals surface area contributed by atoms with Crippen LogP contribution in [0.1, 0.15) is 25.0 Å². The number of para-hydroxylation sites is 2. The lowest BCUT2D eigenvalue weighted by Crippen LogP contribution is -2.14. The zero-order valence-electron chi connectivity index (χ0n) is 19.4. The summed E-state index contributed by atoms with van der Waals surface area (Å²) in [4.78, 5) is 3.64. The van der Waals surface area contributed by atoms with E-state index >= 15 is 0 Å². The highest BCUT2D eigenvalue weighted by Gasteiger charge is 2.35. The zero-order chi connectivity index (χ0) is 22.9. The van der Waals surface area contributed by atoms with Gasteiger partial charge in [0.15, 0.2) is 0 Å². The molecule has 0 unspecified atom stereocenters. The average molecular weight is 436 g/mol. The Morgan fingerprint density at radius 3 is 2.03 bits per heavy atom. The highest BCUT2D eigenvalue weighted by Crippen LogP contribution is 2.49. The Balaban J connectivity index is 1.30. The van der Waals surface area contributed by atoms with E-state index in [9.17, 15) is 0 Å². The molecule has 1 aliphatic carbocycles. The molecule has 0 spiro atoms. The molecule has 1 heterocycles. The molecule has 5 aromatic carbocycles. The van der Waals surface area contributed by atoms with E-state index in [1.165, 1.54) is 66.3 Å². The smallest absolute Gasteiger partial charge is 0.0544 e. The molecule has 0 fully saturated rings. The second kappa shape index (κ2) is 6.95. The summed E-state index contributed by atoms with van der Waals surface area (Å²) in [6.07, 6.45) is 0. The van der Waals surface area contributed by atoms with Crippen molar-refractivity contribution in [1.82, 2.24) is 4.98 Å². The number of H-pyrrole nitrogens is 1. The minimum absolute atomic E-state index is 0.0210. The molecular formula is C33H25N. The molecule has 0 aliphatic heterocycles. The molecule has 6 aromatic rings. The first kappa shape index (κ1) is 19.4. The van der Waals surface area contributed by atoms with Crippen LogP contribution < -0.4 is 0 Å². The van der Waals surface area contributed by atoms with E-state index in [2.05, 4.69) is 128 Å². The summed E-state index contributed by atoms with van der Waals surface area (Å²) >= 11 is 0. The Morgan fingerprint density at radius 2 is 1.15 bits per heavy atom. The quantitative estimate of drug-likeness (QED) is 0.279. The largest absolute Gasteiger partial charge is 0.354 e. The van der Waals surface area contributed by atoms with Gasteiger partial charge in [-0.05, 0) is 51.1 Å². The van der Waals surface area contributed by atoms with Crippen molar-refractivity contribution in [3.63, 3.8) is 0 Å². The molecule has 0 atom stereocenters. The fourth-order valence-corrected chi connectivity index (χ4v) is 5.84. The third-order valence-electron chi connectivity index (χ3n) is 7.65. The van der Waals surface area contributed by atoms with Gasteiger partial charge in [-0.25, -0.2) is 0 Å². The lowest BCUT2D eigenvalue weighted by atomic mass is 9.81. The molecule has 0 bridgehead atoms. The van der Waals surface area contributed by atoms with Crippen molar-refractivity contribution in [2.24, 2.45) is 0 Å². The van der Waals surface area contributed by atoms with E-state index in [1.807, 2.05) is 0 Å². The second-order valence-corrected chi connectivity index (χ2v) is 9.91. The number of rotatable bonds is 2. The molecule has 0 saturated carbocycles. The van der Waals surface area contributed by atoms with Gasteiger partial charge in [0.2, 0.25) is 0 Å². The Morgan fingerprint density at radius 1 is 0.500 bits per heavy atom. The Labute approximate surface area is 199 Å². The standard InChI is InChI=1S/C33H25N/c1-33(2)29-12-5-3-8-25(29)26-19-18-23(20-30(26)33)21-14-16-22(17-15-21)24-10-7-11-28-27-9-4-6-13-31(27)34-32(24)28/h3-20,34H,1-2H3. The van der Waals surface area contributed by atoms with E-state index in [0.29, 0.717) is 0 Å². The topological polar surface area (TPSA) is 15.8 Å². The number of aromatic nitrogens is 1. The van der Waals surface area contributed by atoms with Gasteiger partial charge in [0.05, 0.1) is 5.52 Å². The van der Waals surface area contributed by atoms with Crippen LogP contribution in [-0.2, 0) is 5.41 Å². The maximum absolute atomic E-state index is 3.64. The third kappa shape index (κ3) is 2.67. The van der Waals surface area contributed by atoms with Crippen LogP contribution in [0.15, 0.2) is 109 Å². The van der Waals surface area contributed by atoms with Crippen molar-refractivity contribution < 1.29 is 0 Å². The maximum atomic E-state index is 3.64. The molecular weight excluding hydrogens is 410 g/mol. The fraction of sp³-hybridized carbons (Fsp3) is 0.0909. The predicted octanol–water partition coefficient (Wildman–Crippen LogP) is 8.96. The summed E-state index contributed by atoms with van der Waals surface area (Å²) in [5.41, 5.74) is 13.0. The van der Waals surface area contributed by atoms with E-state index in [1.54, 1.807) is 0 Å². The first-order valence-electron chi connectivity index (χ1n) is 12.0. The number of nitrogens with one attached hydrogen (secondary N) is 1. The second-order valence-electron chi connectivity index (χ2n) is 9.91. The Kier molecular flexibility index (Phi) is 3.96. The summed E-state index contributed by atoms with van der Waals surface area (Å²) in [7, 11) is 0. The SMILES string of the molecule is CC1(C)c2ccccc2-c2ccc(-c3ccc(-c4cccc5c4[nH]c4ccccc45)cc3)cc21. The number of aromatic amines is 1. The highest BCUT2D eigenvalue weighted by atomic mass is 14.7. The van der Waals surface area contributed by atoms with Gasteiger partial charge in [-0.15, -0.1) is 0 Å². The van der Waals surface area contributed by atoms with E-state index < -0.39 is 0 Å². The average Bonchev–Trinajstić information content (AvgIpc) is 3.37. The summed E-state index contributed by atoms with van der Waals surface area (Å²) < 4.78 is 0. The Hall–Kier alpha value is -4.10. The minimum atomic E-state index is 0.0210. The van der Waals surface area contributed by atoms with Gasteiger partial charge in [0.25, 0.3) is 0 Å². The van der Waals surface area contributed by atoms with Gasteiger partial charge >= 0.3 is 0 Å². The van der Waals surface area contributed by atoms with Crippen LogP contribution in [0, 0.1) is 0 Å². The summed E-state index contributed by atoms with van der Waals surface area (Å²) in [5.74, 6) is 0. The van der Waals surface area contributed by atoms with Crippen LogP contribution in [0.2, 0.25) is 0 Å². The number of hydrogen-bond donors (Lipinski definition) is 1. The zero-order valence-corrected chi connectivity index (χ0v) is 19.4. The highest BCUT2D eigenvalue weighted by molar-refractivity contribution is 6.11. The van der Waals surface area contributed by atoms with Crippen LogP contribution in [0.25, 0.3) is 55.2 Å². The Bertz CT molecular complexity index is 1710. The molecule has 1 heteroatoms. The van der Waals surface area contributed by atoms with Crippen LogP contribution >= 0.6 is 0 Å². The van der Waals surface area contributed by atoms with E-state index in [4.69, 9.17) is 0 Å². The van der Waals surface area contributed by atoms with Crippen molar-refractivity contribution in [3.05, 3.63) is 120 Å². The van der Waals surface area contributed by atoms with Crippen LogP contribution in [0.4, 0.5) is 0 Å². The monoisotopic (exact) mass is 435 g/mol. The van der Waals surface area contributed by atoms with Gasteiger partial charge in [0.1, 0.15) is 0 Å². The van der Waals surface area contributed by atoms with Crippen molar-refractivity contribution in [1.29, 1.82) is 0 Å². The third-order valence-corrected chi connectivity index (χ3v) is 7.65. The summed E-state index contributed by atoms with van der Waals surface area (Å²) in [5, 5.41) is 2.55. The molecule has 1 aliphatic rings. The first-order valence-corrected chi connectivity index (χ1v) is 12.0. The molecule has 1 nitrogen and oxygen atoms in total. The maximum Gasteiger partial charge on any atom is 0.0544 e. The van der Waals surface area contributed by atoms with E-state index in [0.717, 1.165) is 0 Å². The van der Waals surface area contributed by atoms with Crippen LogP contribution in [0.3, 0.4) is 0 Å². The van der Waals surface area contributed by atoms with Crippen molar-refractivity contribution in [2.75, 3.05) is 0 Å². The van der Waals surface area contributed by atoms with Gasteiger partial charge in [-0.2, -0.15) is 0 Å². The molecule has 1 N–H and O–H groups in total. The van der Waals surface area contributed by atoms with Gasteiger partial charge in [-0.1, -0.05) is 111 Å². The summed E-state index contributed by atoms with van der Waals surface area (Å²) in [6, 6.07) is 39.9. The van der Waals surface area contributed by atoms with Crippen molar-refractivity contribution in [3.8, 4) is 33.4 Å².